The number of nitrogens with zero attached hydrogens (tertiary/aromatic N) is 2. The van der Waals surface area contributed by atoms with Crippen LogP contribution in [-0.2, 0) is 5.54 Å². The van der Waals surface area contributed by atoms with Crippen molar-refractivity contribution in [2.75, 3.05) is 12.4 Å². The van der Waals surface area contributed by atoms with Gasteiger partial charge < -0.3 is 10.1 Å². The maximum absolute atomic E-state index is 14.0. The van der Waals surface area contributed by atoms with Crippen LogP contribution >= 0.6 is 11.3 Å². The predicted octanol–water partition coefficient (Wildman–Crippen LogP) is 3.03. The van der Waals surface area contributed by atoms with E-state index in [2.05, 4.69) is 20.8 Å². The minimum absolute atomic E-state index is 0.101. The summed E-state index contributed by atoms with van der Waals surface area (Å²) in [5.74, 6) is -1.33. The second-order valence-corrected chi connectivity index (χ2v) is 6.13. The third-order valence-electron chi connectivity index (χ3n) is 3.80. The van der Waals surface area contributed by atoms with Crippen LogP contribution in [0.4, 0.5) is 18.7 Å². The SMILES string of the molecule is COc1nnc(NC(=O)NC2(c3c(F)cccc3F)CCC2)s1. The molecule has 0 bridgehead atoms. The Bertz CT molecular complexity index is 713. The third-order valence-corrected chi connectivity index (χ3v) is 4.60. The Morgan fingerprint density at radius 2 is 2.00 bits per heavy atom. The van der Waals surface area contributed by atoms with E-state index in [0.29, 0.717) is 18.0 Å². The highest BCUT2D eigenvalue weighted by atomic mass is 32.1. The molecule has 2 aromatic rings. The van der Waals surface area contributed by atoms with E-state index < -0.39 is 23.2 Å². The molecule has 0 unspecified atom stereocenters. The molecule has 0 aliphatic heterocycles. The predicted molar refractivity (Wildman–Crippen MR) is 80.5 cm³/mol. The lowest BCUT2D eigenvalue weighted by molar-refractivity contribution is 0.175. The van der Waals surface area contributed by atoms with Crippen LogP contribution in [0.15, 0.2) is 18.2 Å². The molecule has 1 aliphatic carbocycles. The van der Waals surface area contributed by atoms with Crippen molar-refractivity contribution in [3.63, 3.8) is 0 Å². The maximum atomic E-state index is 14.0. The van der Waals surface area contributed by atoms with Crippen molar-refractivity contribution in [3.05, 3.63) is 35.4 Å². The molecule has 23 heavy (non-hydrogen) atoms. The zero-order valence-electron chi connectivity index (χ0n) is 12.2. The van der Waals surface area contributed by atoms with Crippen LogP contribution in [0.25, 0.3) is 0 Å². The van der Waals surface area contributed by atoms with Gasteiger partial charge in [-0.25, -0.2) is 13.6 Å². The molecule has 0 spiro atoms. The minimum Gasteiger partial charge on any atom is -0.472 e. The topological polar surface area (TPSA) is 76.1 Å². The van der Waals surface area contributed by atoms with Gasteiger partial charge in [0.2, 0.25) is 5.13 Å². The van der Waals surface area contributed by atoms with E-state index in [-0.39, 0.29) is 10.7 Å². The molecule has 1 heterocycles. The Balaban J connectivity index is 1.77. The second-order valence-electron chi connectivity index (χ2n) is 5.19. The molecule has 1 saturated carbocycles. The molecule has 9 heteroatoms. The van der Waals surface area contributed by atoms with Gasteiger partial charge in [0.1, 0.15) is 11.6 Å². The highest BCUT2D eigenvalue weighted by Gasteiger charge is 2.44. The molecule has 2 amide bonds. The Kier molecular flexibility index (Phi) is 4.12. The lowest BCUT2D eigenvalue weighted by atomic mass is 9.71. The number of anilines is 1. The van der Waals surface area contributed by atoms with Crippen LogP contribution in [0, 0.1) is 11.6 Å². The molecule has 1 aromatic heterocycles. The van der Waals surface area contributed by atoms with Gasteiger partial charge in [-0.05, 0) is 42.7 Å². The van der Waals surface area contributed by atoms with Crippen molar-refractivity contribution < 1.29 is 18.3 Å². The van der Waals surface area contributed by atoms with Gasteiger partial charge in [0, 0.05) is 5.56 Å². The molecular formula is C14H14F2N4O2S. The number of benzene rings is 1. The highest BCUT2D eigenvalue weighted by Crippen LogP contribution is 2.43. The maximum Gasteiger partial charge on any atom is 0.321 e. The molecule has 0 atom stereocenters. The van der Waals surface area contributed by atoms with E-state index in [1.807, 2.05) is 0 Å². The molecule has 1 fully saturated rings. The number of amides is 2. The first-order chi connectivity index (χ1) is 11.0. The summed E-state index contributed by atoms with van der Waals surface area (Å²) in [6.45, 7) is 0. The third kappa shape index (κ3) is 2.96. The first-order valence-electron chi connectivity index (χ1n) is 6.95. The highest BCUT2D eigenvalue weighted by molar-refractivity contribution is 7.17. The van der Waals surface area contributed by atoms with E-state index in [4.69, 9.17) is 4.74 Å². The molecule has 1 aromatic carbocycles. The summed E-state index contributed by atoms with van der Waals surface area (Å²) in [7, 11) is 1.44. The summed E-state index contributed by atoms with van der Waals surface area (Å²) in [5, 5.41) is 13.1. The summed E-state index contributed by atoms with van der Waals surface area (Å²) < 4.78 is 33.0. The Morgan fingerprint density at radius 1 is 1.30 bits per heavy atom. The van der Waals surface area contributed by atoms with Crippen LogP contribution < -0.4 is 15.4 Å². The first-order valence-corrected chi connectivity index (χ1v) is 7.77. The minimum atomic E-state index is -1.03. The summed E-state index contributed by atoms with van der Waals surface area (Å²) in [6.07, 6.45) is 1.72. The number of aromatic nitrogens is 2. The molecular weight excluding hydrogens is 326 g/mol. The largest absolute Gasteiger partial charge is 0.472 e. The fraction of sp³-hybridized carbons (Fsp3) is 0.357. The van der Waals surface area contributed by atoms with Gasteiger partial charge in [0.15, 0.2) is 0 Å². The number of hydrogen-bond acceptors (Lipinski definition) is 5. The number of carbonyl (C=O) groups excluding carboxylic acids is 1. The van der Waals surface area contributed by atoms with Crippen molar-refractivity contribution in [1.29, 1.82) is 0 Å². The number of ether oxygens (including phenoxy) is 1. The molecule has 2 N–H and O–H groups in total. The lowest BCUT2D eigenvalue weighted by Gasteiger charge is -2.43. The second kappa shape index (κ2) is 6.07. The van der Waals surface area contributed by atoms with Crippen molar-refractivity contribution in [1.82, 2.24) is 15.5 Å². The van der Waals surface area contributed by atoms with Gasteiger partial charge >= 0.3 is 6.03 Å². The average molecular weight is 340 g/mol. The Hall–Kier alpha value is -2.29. The molecule has 0 saturated heterocycles. The summed E-state index contributed by atoms with van der Waals surface area (Å²) in [6, 6.07) is 3.08. The van der Waals surface area contributed by atoms with Crippen molar-refractivity contribution in [2.24, 2.45) is 0 Å². The van der Waals surface area contributed by atoms with Crippen molar-refractivity contribution in [2.45, 2.75) is 24.8 Å². The number of rotatable bonds is 4. The summed E-state index contributed by atoms with van der Waals surface area (Å²) in [5.41, 5.74) is -1.13. The van der Waals surface area contributed by atoms with E-state index in [0.717, 1.165) is 17.8 Å². The normalized spacial score (nSPS) is 15.6. The Morgan fingerprint density at radius 3 is 2.52 bits per heavy atom. The zero-order chi connectivity index (χ0) is 16.4. The van der Waals surface area contributed by atoms with Gasteiger partial charge in [-0.3, -0.25) is 5.32 Å². The van der Waals surface area contributed by atoms with E-state index in [1.165, 1.54) is 25.3 Å². The first kappa shape index (κ1) is 15.6. The smallest absolute Gasteiger partial charge is 0.321 e. The number of methoxy groups -OCH3 is 1. The fourth-order valence-electron chi connectivity index (χ4n) is 2.61. The monoisotopic (exact) mass is 340 g/mol. The standard InChI is InChI=1S/C14H14F2N4O2S/c1-22-13-20-19-12(23-13)17-11(21)18-14(6-3-7-14)10-8(15)4-2-5-9(10)16/h2,4-5H,3,6-7H2,1H3,(H2,17,18,19,21). The van der Waals surface area contributed by atoms with Crippen molar-refractivity contribution in [3.8, 4) is 5.19 Å². The quantitative estimate of drug-likeness (QED) is 0.897. The molecule has 122 valence electrons. The van der Waals surface area contributed by atoms with Gasteiger partial charge in [-0.15, -0.1) is 5.10 Å². The molecule has 3 rings (SSSR count). The number of nitrogens with one attached hydrogen (secondary N) is 2. The van der Waals surface area contributed by atoms with Gasteiger partial charge in [0.25, 0.3) is 5.19 Å². The van der Waals surface area contributed by atoms with Crippen LogP contribution in [-0.4, -0.2) is 23.3 Å². The number of urea groups is 1. The number of halogens is 2. The van der Waals surface area contributed by atoms with Crippen molar-refractivity contribution >= 4 is 22.5 Å². The van der Waals surface area contributed by atoms with Crippen LogP contribution in [0.3, 0.4) is 0 Å². The van der Waals surface area contributed by atoms with Crippen LogP contribution in [0.2, 0.25) is 0 Å². The number of hydrogen-bond donors (Lipinski definition) is 2. The summed E-state index contributed by atoms with van der Waals surface area (Å²) in [4.78, 5) is 12.1. The van der Waals surface area contributed by atoms with Crippen LogP contribution in [0.5, 0.6) is 5.19 Å². The van der Waals surface area contributed by atoms with Gasteiger partial charge in [-0.1, -0.05) is 11.2 Å². The molecule has 0 radical (unpaired) electrons. The summed E-state index contributed by atoms with van der Waals surface area (Å²) >= 11 is 1.05. The Labute approximate surface area is 134 Å². The zero-order valence-corrected chi connectivity index (χ0v) is 13.0. The average Bonchev–Trinajstić information content (AvgIpc) is 2.91. The van der Waals surface area contributed by atoms with E-state index in [9.17, 15) is 13.6 Å². The lowest BCUT2D eigenvalue weighted by Crippen LogP contribution is -2.53. The molecule has 1 aliphatic rings. The van der Waals surface area contributed by atoms with Gasteiger partial charge in [-0.2, -0.15) is 0 Å². The van der Waals surface area contributed by atoms with Crippen LogP contribution in [0.1, 0.15) is 24.8 Å². The van der Waals surface area contributed by atoms with E-state index in [1.54, 1.807) is 0 Å². The number of carbonyl (C=O) groups is 1. The van der Waals surface area contributed by atoms with Gasteiger partial charge in [0.05, 0.1) is 12.6 Å². The van der Waals surface area contributed by atoms with E-state index >= 15 is 0 Å². The fourth-order valence-corrected chi connectivity index (χ4v) is 3.17. The molecule has 6 nitrogen and oxygen atoms in total.